The van der Waals surface area contributed by atoms with Crippen LogP contribution in [0.15, 0.2) is 41.3 Å². The number of β-amino-alcohol motifs (C(OH)–C–C–N with tert-alkyl or cyclic N) is 1. The summed E-state index contributed by atoms with van der Waals surface area (Å²) in [5.74, 6) is -0.0863. The van der Waals surface area contributed by atoms with Crippen molar-refractivity contribution >= 4 is 18.3 Å². The lowest BCUT2D eigenvalue weighted by Crippen LogP contribution is -2.29. The molecule has 8 nitrogen and oxygen atoms in total. The van der Waals surface area contributed by atoms with E-state index in [1.54, 1.807) is 0 Å². The zero-order valence-electron chi connectivity index (χ0n) is 23.7. The molecule has 3 heterocycles. The van der Waals surface area contributed by atoms with Crippen molar-refractivity contribution in [1.82, 2.24) is 20.2 Å². The van der Waals surface area contributed by atoms with Crippen LogP contribution in [0.5, 0.6) is 0 Å². The molecule has 1 amide bonds. The van der Waals surface area contributed by atoms with E-state index in [0.717, 1.165) is 52.3 Å². The zero-order valence-corrected chi connectivity index (χ0v) is 23.7. The molecule has 0 spiro atoms. The summed E-state index contributed by atoms with van der Waals surface area (Å²) in [7, 11) is 0. The number of hydrogen-bond donors (Lipinski definition) is 3. The Morgan fingerprint density at radius 3 is 2.64 bits per heavy atom. The number of aliphatic hydroxyl groups is 1. The van der Waals surface area contributed by atoms with E-state index in [2.05, 4.69) is 26.9 Å². The molecule has 1 atom stereocenters. The molecule has 39 heavy (non-hydrogen) atoms. The Morgan fingerprint density at radius 1 is 1.26 bits per heavy atom. The van der Waals surface area contributed by atoms with E-state index in [1.165, 1.54) is 0 Å². The second kappa shape index (κ2) is 12.1. The Morgan fingerprint density at radius 2 is 2.03 bits per heavy atom. The lowest BCUT2D eigenvalue weighted by Gasteiger charge is -2.16. The average molecular weight is 531 g/mol. The third-order valence-electron chi connectivity index (χ3n) is 7.49. The molecule has 1 aliphatic heterocycles. The highest BCUT2D eigenvalue weighted by atomic mass is 16.3. The van der Waals surface area contributed by atoms with Gasteiger partial charge in [0.15, 0.2) is 0 Å². The van der Waals surface area contributed by atoms with Gasteiger partial charge in [-0.1, -0.05) is 19.9 Å². The van der Waals surface area contributed by atoms with Crippen molar-refractivity contribution < 1.29 is 14.5 Å². The summed E-state index contributed by atoms with van der Waals surface area (Å²) in [6, 6.07) is 9.91. The van der Waals surface area contributed by atoms with Crippen LogP contribution in [0.1, 0.15) is 71.5 Å². The van der Waals surface area contributed by atoms with Gasteiger partial charge in [-0.3, -0.25) is 19.5 Å². The Bertz CT molecular complexity index is 1430. The second-order valence-electron chi connectivity index (χ2n) is 10.8. The Hall–Kier alpha value is -3.62. The van der Waals surface area contributed by atoms with Crippen LogP contribution in [0.2, 0.25) is 0 Å². The monoisotopic (exact) mass is 530 g/mol. The number of rotatable bonds is 9. The van der Waals surface area contributed by atoms with E-state index in [9.17, 15) is 14.7 Å². The third-order valence-corrected chi connectivity index (χ3v) is 7.49. The van der Waals surface area contributed by atoms with Gasteiger partial charge >= 0.3 is 0 Å². The summed E-state index contributed by atoms with van der Waals surface area (Å²) in [5, 5.41) is 12.8. The number of aryl methyl sites for hydroxylation is 1. The van der Waals surface area contributed by atoms with Gasteiger partial charge < -0.3 is 15.4 Å². The van der Waals surface area contributed by atoms with Crippen molar-refractivity contribution in [2.24, 2.45) is 0 Å². The molecular formula is C31H40N5O3+. The number of amides is 1. The number of likely N-dealkylation sites (tertiary alicyclic amines) is 1. The van der Waals surface area contributed by atoms with Gasteiger partial charge in [-0.15, -0.1) is 0 Å². The Balaban J connectivity index is 1.62. The maximum Gasteiger partial charge on any atom is 0.253 e. The van der Waals surface area contributed by atoms with Crippen molar-refractivity contribution in [3.8, 4) is 11.1 Å². The molecule has 1 unspecified atom stereocenters. The van der Waals surface area contributed by atoms with Crippen molar-refractivity contribution in [3.63, 3.8) is 0 Å². The quantitative estimate of drug-likeness (QED) is 0.286. The summed E-state index contributed by atoms with van der Waals surface area (Å²) in [5.41, 5.74) is 7.09. The number of benzene rings is 1. The van der Waals surface area contributed by atoms with Gasteiger partial charge in [0.05, 0.1) is 11.8 Å². The molecule has 1 aliphatic rings. The van der Waals surface area contributed by atoms with Gasteiger partial charge in [-0.2, -0.15) is 0 Å². The number of aromatic amines is 1. The van der Waals surface area contributed by atoms with E-state index in [-0.39, 0.29) is 30.0 Å². The number of hydrogen-bond acceptors (Lipinski definition) is 5. The van der Waals surface area contributed by atoms with Crippen LogP contribution in [0.4, 0.5) is 5.69 Å². The fraction of sp³-hybridized carbons (Fsp3) is 0.419. The molecule has 3 N–H and O–H groups in total. The summed E-state index contributed by atoms with van der Waals surface area (Å²) in [6.45, 7) is 17.1. The number of nitrogens with one attached hydrogen (secondary N) is 2. The number of carbonyl (C=O) groups excluding carboxylic acids is 1. The maximum absolute atomic E-state index is 13.5. The van der Waals surface area contributed by atoms with E-state index in [1.807, 2.05) is 75.7 Å². The number of carbonyl (C=O) groups is 1. The Kier molecular flexibility index (Phi) is 8.77. The van der Waals surface area contributed by atoms with Gasteiger partial charge in [0.2, 0.25) is 5.69 Å². The molecule has 1 fully saturated rings. The molecule has 1 saturated heterocycles. The molecule has 0 bridgehead atoms. The highest BCUT2D eigenvalue weighted by Crippen LogP contribution is 2.30. The van der Waals surface area contributed by atoms with Crippen LogP contribution in [0.3, 0.4) is 0 Å². The van der Waals surface area contributed by atoms with Crippen LogP contribution >= 0.6 is 0 Å². The van der Waals surface area contributed by atoms with E-state index in [0.29, 0.717) is 30.8 Å². The molecule has 0 radical (unpaired) electrons. The van der Waals surface area contributed by atoms with Crippen LogP contribution < -0.4 is 10.9 Å². The smallest absolute Gasteiger partial charge is 0.253 e. The van der Waals surface area contributed by atoms with Crippen LogP contribution in [-0.4, -0.2) is 62.9 Å². The van der Waals surface area contributed by atoms with Crippen molar-refractivity contribution in [1.29, 1.82) is 0 Å². The number of H-pyrrole nitrogens is 1. The minimum atomic E-state index is -0.259. The second-order valence-corrected chi connectivity index (χ2v) is 10.8. The molecular weight excluding hydrogens is 490 g/mol. The van der Waals surface area contributed by atoms with Gasteiger partial charge in [0.25, 0.3) is 11.5 Å². The standard InChI is InChI=1S/C31H39N5O3/c1-7-35(6)29-14-23(22-8-9-24(32-15-22)17-36-11-10-25(37)18-36)13-27(21(29)5)30(38)33-16-28-26(19(2)3)12-20(4)34-31(28)39/h8-9,12-15,19,25,37H,6-7,10-11,16-18H2,1-5H3,(H-,33,34,38,39)/p+1. The van der Waals surface area contributed by atoms with Crippen LogP contribution in [0, 0.1) is 13.8 Å². The maximum atomic E-state index is 13.5. The first-order valence-electron chi connectivity index (χ1n) is 13.7. The molecule has 1 aromatic carbocycles. The van der Waals surface area contributed by atoms with Gasteiger partial charge in [0.1, 0.15) is 13.3 Å². The fourth-order valence-electron chi connectivity index (χ4n) is 5.18. The third kappa shape index (κ3) is 6.52. The predicted molar refractivity (Wildman–Crippen MR) is 155 cm³/mol. The summed E-state index contributed by atoms with van der Waals surface area (Å²) >= 11 is 0. The molecule has 4 rings (SSSR count). The molecule has 0 saturated carbocycles. The molecule has 2 aromatic heterocycles. The van der Waals surface area contributed by atoms with Gasteiger partial charge in [0, 0.05) is 66.4 Å². The first kappa shape index (κ1) is 28.4. The van der Waals surface area contributed by atoms with Crippen molar-refractivity contribution in [3.05, 3.63) is 80.5 Å². The van der Waals surface area contributed by atoms with E-state index < -0.39 is 0 Å². The normalized spacial score (nSPS) is 15.6. The lowest BCUT2D eigenvalue weighted by molar-refractivity contribution is -0.427. The minimum Gasteiger partial charge on any atom is -0.392 e. The minimum absolute atomic E-state index is 0.143. The first-order chi connectivity index (χ1) is 18.6. The predicted octanol–water partition coefficient (Wildman–Crippen LogP) is 4.04. The topological polar surface area (TPSA) is 101 Å². The molecule has 0 aliphatic carbocycles. The summed E-state index contributed by atoms with van der Waals surface area (Å²) in [6.07, 6.45) is 2.37. The van der Waals surface area contributed by atoms with Crippen molar-refractivity contribution in [2.75, 3.05) is 19.6 Å². The fourth-order valence-corrected chi connectivity index (χ4v) is 5.18. The number of nitrogens with zero attached hydrogens (tertiary/aromatic N) is 3. The van der Waals surface area contributed by atoms with Crippen LogP contribution in [0.25, 0.3) is 11.1 Å². The largest absolute Gasteiger partial charge is 0.392 e. The summed E-state index contributed by atoms with van der Waals surface area (Å²) in [4.78, 5) is 35.9. The van der Waals surface area contributed by atoms with E-state index >= 15 is 0 Å². The highest BCUT2D eigenvalue weighted by molar-refractivity contribution is 5.98. The SMILES string of the molecule is C=[N+](CC)c1cc(-c2ccc(CN3CCC(O)C3)nc2)cc(C(=O)NCc2c(C(C)C)cc(C)[nH]c2=O)c1C. The van der Waals surface area contributed by atoms with Gasteiger partial charge in [-0.05, 0) is 62.4 Å². The lowest BCUT2D eigenvalue weighted by atomic mass is 9.96. The molecule has 206 valence electrons. The van der Waals surface area contributed by atoms with E-state index in [4.69, 9.17) is 0 Å². The molecule has 8 heteroatoms. The number of pyridine rings is 2. The van der Waals surface area contributed by atoms with Crippen molar-refractivity contribution in [2.45, 2.75) is 66.2 Å². The highest BCUT2D eigenvalue weighted by Gasteiger charge is 2.22. The average Bonchev–Trinajstić information content (AvgIpc) is 3.31. The summed E-state index contributed by atoms with van der Waals surface area (Å²) < 4.78 is 1.87. The number of aromatic nitrogens is 2. The Labute approximate surface area is 230 Å². The van der Waals surface area contributed by atoms with Crippen LogP contribution in [-0.2, 0) is 13.1 Å². The zero-order chi connectivity index (χ0) is 28.3. The number of aliphatic hydroxyl groups excluding tert-OH is 1. The van der Waals surface area contributed by atoms with Gasteiger partial charge in [-0.25, -0.2) is 4.58 Å². The first-order valence-corrected chi connectivity index (χ1v) is 13.7. The molecule has 3 aromatic rings.